The lowest BCUT2D eigenvalue weighted by Crippen LogP contribution is -2.40. The van der Waals surface area contributed by atoms with Crippen LogP contribution in [0.5, 0.6) is 0 Å². The average Bonchev–Trinajstić information content (AvgIpc) is 3.21. The molecule has 0 bridgehead atoms. The molecule has 0 saturated heterocycles. The summed E-state index contributed by atoms with van der Waals surface area (Å²) < 4.78 is 0. The number of hydrogen-bond donors (Lipinski definition) is 2. The molecule has 3 heteroatoms. The molecule has 1 aromatic rings. The van der Waals surface area contributed by atoms with E-state index in [1.807, 2.05) is 32.0 Å². The van der Waals surface area contributed by atoms with Crippen molar-refractivity contribution in [3.63, 3.8) is 0 Å². The van der Waals surface area contributed by atoms with Gasteiger partial charge in [-0.05, 0) is 30.2 Å². The molecule has 1 aliphatic carbocycles. The van der Waals surface area contributed by atoms with Gasteiger partial charge >= 0.3 is 0 Å². The van der Waals surface area contributed by atoms with E-state index in [1.54, 1.807) is 0 Å². The number of hydrogen-bond acceptors (Lipinski definition) is 2. The van der Waals surface area contributed by atoms with Crippen molar-refractivity contribution < 1.29 is 4.79 Å². The molecule has 0 spiro atoms. The highest BCUT2D eigenvalue weighted by Crippen LogP contribution is 2.41. The molecule has 1 aliphatic rings. The molecule has 19 heavy (non-hydrogen) atoms. The molecule has 3 nitrogen and oxygen atoms in total. The molecule has 1 aromatic carbocycles. The molecule has 3 N–H and O–H groups in total. The fourth-order valence-electron chi connectivity index (χ4n) is 2.51. The highest BCUT2D eigenvalue weighted by molar-refractivity contribution is 5.79. The molecular formula is C16H24N2O. The standard InChI is InChI=1S/C16H24N2O/c1-11(2)14(10-17)16(19)18-15(13-8-9-13)12-6-4-3-5-7-12/h3-7,11,13-15H,8-10,17H2,1-2H3,(H,18,19). The molecule has 0 aromatic heterocycles. The van der Waals surface area contributed by atoms with Crippen LogP contribution in [0.1, 0.15) is 38.3 Å². The van der Waals surface area contributed by atoms with Gasteiger partial charge in [-0.25, -0.2) is 0 Å². The molecule has 104 valence electrons. The van der Waals surface area contributed by atoms with E-state index < -0.39 is 0 Å². The summed E-state index contributed by atoms with van der Waals surface area (Å²) in [5, 5.41) is 3.21. The highest BCUT2D eigenvalue weighted by Gasteiger charge is 2.34. The lowest BCUT2D eigenvalue weighted by atomic mass is 9.93. The Morgan fingerprint density at radius 3 is 2.42 bits per heavy atom. The monoisotopic (exact) mass is 260 g/mol. The highest BCUT2D eigenvalue weighted by atomic mass is 16.2. The van der Waals surface area contributed by atoms with Crippen LogP contribution in [0, 0.1) is 17.8 Å². The van der Waals surface area contributed by atoms with E-state index in [0.29, 0.717) is 12.5 Å². The van der Waals surface area contributed by atoms with Crippen molar-refractivity contribution in [2.24, 2.45) is 23.5 Å². The Balaban J connectivity index is 2.07. The average molecular weight is 260 g/mol. The fraction of sp³-hybridized carbons (Fsp3) is 0.562. The summed E-state index contributed by atoms with van der Waals surface area (Å²) in [4.78, 5) is 12.3. The molecular weight excluding hydrogens is 236 g/mol. The summed E-state index contributed by atoms with van der Waals surface area (Å²) in [5.41, 5.74) is 6.93. The Hall–Kier alpha value is -1.35. The Labute approximate surface area is 115 Å². The zero-order valence-electron chi connectivity index (χ0n) is 11.8. The maximum atomic E-state index is 12.3. The summed E-state index contributed by atoms with van der Waals surface area (Å²) in [6.07, 6.45) is 2.41. The van der Waals surface area contributed by atoms with Gasteiger partial charge in [0.2, 0.25) is 5.91 Å². The number of rotatable bonds is 6. The number of carbonyl (C=O) groups is 1. The van der Waals surface area contributed by atoms with Gasteiger partial charge in [-0.3, -0.25) is 4.79 Å². The van der Waals surface area contributed by atoms with E-state index in [4.69, 9.17) is 5.73 Å². The Morgan fingerprint density at radius 1 is 1.32 bits per heavy atom. The van der Waals surface area contributed by atoms with Crippen LogP contribution in [0.15, 0.2) is 30.3 Å². The van der Waals surface area contributed by atoms with Gasteiger partial charge in [-0.2, -0.15) is 0 Å². The van der Waals surface area contributed by atoms with Crippen LogP contribution in [-0.4, -0.2) is 12.5 Å². The third-order valence-electron chi connectivity index (χ3n) is 3.95. The summed E-state index contributed by atoms with van der Waals surface area (Å²) in [6.45, 7) is 4.51. The third-order valence-corrected chi connectivity index (χ3v) is 3.95. The molecule has 2 atom stereocenters. The lowest BCUT2D eigenvalue weighted by molar-refractivity contribution is -0.126. The maximum absolute atomic E-state index is 12.3. The van der Waals surface area contributed by atoms with Crippen molar-refractivity contribution in [1.29, 1.82) is 0 Å². The van der Waals surface area contributed by atoms with E-state index in [2.05, 4.69) is 17.4 Å². The minimum atomic E-state index is -0.0926. The summed E-state index contributed by atoms with van der Waals surface area (Å²) in [7, 11) is 0. The van der Waals surface area contributed by atoms with Crippen molar-refractivity contribution >= 4 is 5.91 Å². The number of nitrogens with one attached hydrogen (secondary N) is 1. The minimum absolute atomic E-state index is 0.0926. The van der Waals surface area contributed by atoms with E-state index in [1.165, 1.54) is 18.4 Å². The van der Waals surface area contributed by atoms with Gasteiger partial charge in [0.15, 0.2) is 0 Å². The van der Waals surface area contributed by atoms with Crippen molar-refractivity contribution in [3.8, 4) is 0 Å². The van der Waals surface area contributed by atoms with Gasteiger partial charge in [0, 0.05) is 6.54 Å². The third kappa shape index (κ3) is 3.57. The molecule has 0 aliphatic heterocycles. The number of carbonyl (C=O) groups excluding carboxylic acids is 1. The first-order chi connectivity index (χ1) is 9.13. The summed E-state index contributed by atoms with van der Waals surface area (Å²) in [5.74, 6) is 0.876. The lowest BCUT2D eigenvalue weighted by Gasteiger charge is -2.24. The Kier molecular flexibility index (Phi) is 4.59. The van der Waals surface area contributed by atoms with Crippen LogP contribution >= 0.6 is 0 Å². The predicted octanol–water partition coefficient (Wildman–Crippen LogP) is 2.48. The first-order valence-corrected chi connectivity index (χ1v) is 7.19. The Bertz CT molecular complexity index is 412. The summed E-state index contributed by atoms with van der Waals surface area (Å²) >= 11 is 0. The zero-order chi connectivity index (χ0) is 13.8. The van der Waals surface area contributed by atoms with Crippen molar-refractivity contribution in [1.82, 2.24) is 5.32 Å². The van der Waals surface area contributed by atoms with Crippen molar-refractivity contribution in [2.75, 3.05) is 6.54 Å². The molecule has 1 saturated carbocycles. The van der Waals surface area contributed by atoms with Gasteiger partial charge in [-0.1, -0.05) is 44.2 Å². The molecule has 2 unspecified atom stereocenters. The normalized spacial score (nSPS) is 18.1. The van der Waals surface area contributed by atoms with Crippen molar-refractivity contribution in [3.05, 3.63) is 35.9 Å². The van der Waals surface area contributed by atoms with Crippen LogP contribution in [0.25, 0.3) is 0 Å². The smallest absolute Gasteiger partial charge is 0.225 e. The topological polar surface area (TPSA) is 55.1 Å². The second kappa shape index (κ2) is 6.20. The second-order valence-corrected chi connectivity index (χ2v) is 5.82. The van der Waals surface area contributed by atoms with Gasteiger partial charge in [0.05, 0.1) is 12.0 Å². The molecule has 1 fully saturated rings. The second-order valence-electron chi connectivity index (χ2n) is 5.82. The SMILES string of the molecule is CC(C)C(CN)C(=O)NC(c1ccccc1)C1CC1. The quantitative estimate of drug-likeness (QED) is 0.825. The van der Waals surface area contributed by atoms with Gasteiger partial charge in [-0.15, -0.1) is 0 Å². The minimum Gasteiger partial charge on any atom is -0.349 e. The van der Waals surface area contributed by atoms with E-state index in [-0.39, 0.29) is 23.8 Å². The fourth-order valence-corrected chi connectivity index (χ4v) is 2.51. The number of amides is 1. The number of benzene rings is 1. The number of nitrogens with two attached hydrogens (primary N) is 1. The molecule has 0 radical (unpaired) electrons. The summed E-state index contributed by atoms with van der Waals surface area (Å²) in [6, 6.07) is 10.4. The van der Waals surface area contributed by atoms with Crippen LogP contribution in [0.2, 0.25) is 0 Å². The zero-order valence-corrected chi connectivity index (χ0v) is 11.8. The largest absolute Gasteiger partial charge is 0.349 e. The first kappa shape index (κ1) is 14.1. The maximum Gasteiger partial charge on any atom is 0.225 e. The Morgan fingerprint density at radius 2 is 1.95 bits per heavy atom. The van der Waals surface area contributed by atoms with Gasteiger partial charge in [0.1, 0.15) is 0 Å². The van der Waals surface area contributed by atoms with E-state index in [0.717, 1.165) is 0 Å². The molecule has 1 amide bonds. The van der Waals surface area contributed by atoms with Gasteiger partial charge < -0.3 is 11.1 Å². The van der Waals surface area contributed by atoms with E-state index in [9.17, 15) is 4.79 Å². The predicted molar refractivity (Wildman–Crippen MR) is 77.4 cm³/mol. The van der Waals surface area contributed by atoms with Crippen LogP contribution < -0.4 is 11.1 Å². The van der Waals surface area contributed by atoms with Crippen LogP contribution in [0.3, 0.4) is 0 Å². The van der Waals surface area contributed by atoms with Crippen LogP contribution in [0.4, 0.5) is 0 Å². The van der Waals surface area contributed by atoms with Crippen molar-refractivity contribution in [2.45, 2.75) is 32.7 Å². The first-order valence-electron chi connectivity index (χ1n) is 7.19. The molecule has 0 heterocycles. The van der Waals surface area contributed by atoms with Gasteiger partial charge in [0.25, 0.3) is 0 Å². The molecule has 2 rings (SSSR count). The van der Waals surface area contributed by atoms with Crippen LogP contribution in [-0.2, 0) is 4.79 Å². The van der Waals surface area contributed by atoms with E-state index >= 15 is 0 Å².